The number of aryl methyl sites for hydroxylation is 1. The fourth-order valence-electron chi connectivity index (χ4n) is 3.11. The second-order valence-corrected chi connectivity index (χ2v) is 7.95. The number of methoxy groups -OCH3 is 2. The molecule has 0 radical (unpaired) electrons. The molecule has 1 aromatic carbocycles. The number of aromatic nitrogens is 1. The lowest BCUT2D eigenvalue weighted by Crippen LogP contribution is -2.28. The van der Waals surface area contributed by atoms with Crippen LogP contribution in [0.15, 0.2) is 16.6 Å². The van der Waals surface area contributed by atoms with Crippen molar-refractivity contribution in [2.45, 2.75) is 25.2 Å². The van der Waals surface area contributed by atoms with Crippen molar-refractivity contribution in [3.63, 3.8) is 0 Å². The fraction of sp³-hybridized carbons (Fsp3) is 0.368. The molecule has 0 fully saturated rings. The van der Waals surface area contributed by atoms with Crippen LogP contribution in [0.2, 0.25) is 0 Å². The lowest BCUT2D eigenvalue weighted by molar-refractivity contribution is -0.122. The Morgan fingerprint density at radius 1 is 1.35 bits per heavy atom. The van der Waals surface area contributed by atoms with Gasteiger partial charge in [0.25, 0.3) is 0 Å². The third kappa shape index (κ3) is 3.78. The van der Waals surface area contributed by atoms with E-state index in [9.17, 15) is 4.79 Å². The van der Waals surface area contributed by atoms with Gasteiger partial charge in [-0.05, 0) is 53.4 Å². The van der Waals surface area contributed by atoms with Crippen LogP contribution in [0.3, 0.4) is 0 Å². The molecule has 5 nitrogen and oxygen atoms in total. The van der Waals surface area contributed by atoms with Crippen LogP contribution in [-0.2, 0) is 11.2 Å². The third-order valence-electron chi connectivity index (χ3n) is 4.45. The maximum Gasteiger partial charge on any atom is 0.228 e. The largest absolute Gasteiger partial charge is 0.497 e. The molecular weight excluding hydrogens is 416 g/mol. The fourth-order valence-corrected chi connectivity index (χ4v) is 4.73. The summed E-state index contributed by atoms with van der Waals surface area (Å²) in [4.78, 5) is 18.0. The number of carbonyl (C=O) groups is 1. The first-order valence-corrected chi connectivity index (χ1v) is 9.99. The zero-order chi connectivity index (χ0) is 18.7. The van der Waals surface area contributed by atoms with Gasteiger partial charge < -0.3 is 14.8 Å². The molecule has 1 aromatic heterocycles. The molecule has 138 valence electrons. The summed E-state index contributed by atoms with van der Waals surface area (Å²) >= 11 is 5.22. The van der Waals surface area contributed by atoms with Crippen LogP contribution < -0.4 is 14.8 Å². The number of halogens is 1. The van der Waals surface area contributed by atoms with E-state index in [2.05, 4.69) is 21.2 Å². The van der Waals surface area contributed by atoms with E-state index in [1.165, 1.54) is 4.88 Å². The molecule has 0 saturated carbocycles. The maximum atomic E-state index is 12.1. The second kappa shape index (κ2) is 8.22. The Labute approximate surface area is 165 Å². The summed E-state index contributed by atoms with van der Waals surface area (Å²) < 4.78 is 11.6. The average molecular weight is 437 g/mol. The number of nitrogens with zero attached hydrogens (tertiary/aromatic N) is 1. The van der Waals surface area contributed by atoms with E-state index in [0.717, 1.165) is 51.5 Å². The first-order chi connectivity index (χ1) is 12.6. The summed E-state index contributed by atoms with van der Waals surface area (Å²) in [5, 5.41) is 3.65. The monoisotopic (exact) mass is 436 g/mol. The standard InChI is InChI=1S/C19H21BrN2O3S/c1-21-19(23)13-5-4-6-16-18(13)22-17(26-16)8-7-12-14(20)9-11(24-2)10-15(12)25-3/h7-10,13H,4-6H2,1-3H3,(H,21,23). The highest BCUT2D eigenvalue weighted by Gasteiger charge is 2.29. The van der Waals surface area contributed by atoms with Gasteiger partial charge in [0.15, 0.2) is 0 Å². The lowest BCUT2D eigenvalue weighted by atomic mass is 9.90. The Morgan fingerprint density at radius 2 is 2.15 bits per heavy atom. The number of fused-ring (bicyclic) bond motifs is 1. The minimum atomic E-state index is -0.135. The van der Waals surface area contributed by atoms with Crippen molar-refractivity contribution < 1.29 is 14.3 Å². The predicted octanol–water partition coefficient (Wildman–Crippen LogP) is 4.26. The molecule has 1 atom stereocenters. The number of benzene rings is 1. The molecule has 2 aromatic rings. The van der Waals surface area contributed by atoms with Gasteiger partial charge >= 0.3 is 0 Å². The van der Waals surface area contributed by atoms with Crippen LogP contribution in [0, 0.1) is 0 Å². The van der Waals surface area contributed by atoms with E-state index in [4.69, 9.17) is 14.5 Å². The molecule has 0 spiro atoms. The predicted molar refractivity (Wildman–Crippen MR) is 108 cm³/mol. The molecule has 1 heterocycles. The highest BCUT2D eigenvalue weighted by molar-refractivity contribution is 9.10. The summed E-state index contributed by atoms with van der Waals surface area (Å²) in [6.45, 7) is 0. The number of ether oxygens (including phenoxy) is 2. The maximum absolute atomic E-state index is 12.1. The number of amides is 1. The molecule has 0 bridgehead atoms. The lowest BCUT2D eigenvalue weighted by Gasteiger charge is -2.19. The minimum Gasteiger partial charge on any atom is -0.497 e. The number of hydrogen-bond donors (Lipinski definition) is 1. The molecule has 0 aliphatic heterocycles. The van der Waals surface area contributed by atoms with Crippen molar-refractivity contribution in [3.8, 4) is 11.5 Å². The van der Waals surface area contributed by atoms with Gasteiger partial charge in [0.05, 0.1) is 25.8 Å². The summed E-state index contributed by atoms with van der Waals surface area (Å²) in [5.41, 5.74) is 1.85. The molecule has 1 amide bonds. The molecule has 1 aliphatic carbocycles. The molecule has 1 aliphatic rings. The van der Waals surface area contributed by atoms with Crippen molar-refractivity contribution in [1.29, 1.82) is 0 Å². The van der Waals surface area contributed by atoms with Crippen molar-refractivity contribution >= 4 is 45.3 Å². The topological polar surface area (TPSA) is 60.5 Å². The van der Waals surface area contributed by atoms with E-state index < -0.39 is 0 Å². The zero-order valence-electron chi connectivity index (χ0n) is 15.0. The summed E-state index contributed by atoms with van der Waals surface area (Å²) in [6.07, 6.45) is 6.82. The summed E-state index contributed by atoms with van der Waals surface area (Å²) in [5.74, 6) is 1.36. The smallest absolute Gasteiger partial charge is 0.228 e. The van der Waals surface area contributed by atoms with Crippen molar-refractivity contribution in [1.82, 2.24) is 10.3 Å². The van der Waals surface area contributed by atoms with Crippen molar-refractivity contribution in [3.05, 3.63) is 37.7 Å². The van der Waals surface area contributed by atoms with Gasteiger partial charge in [-0.2, -0.15) is 0 Å². The van der Waals surface area contributed by atoms with Crippen LogP contribution in [0.5, 0.6) is 11.5 Å². The Kier molecular flexibility index (Phi) is 5.98. The molecule has 3 rings (SSSR count). The Hall–Kier alpha value is -1.86. The normalized spacial score (nSPS) is 16.4. The van der Waals surface area contributed by atoms with Gasteiger partial charge in [-0.25, -0.2) is 4.98 Å². The molecule has 26 heavy (non-hydrogen) atoms. The Morgan fingerprint density at radius 3 is 2.85 bits per heavy atom. The van der Waals surface area contributed by atoms with Gasteiger partial charge in [0.2, 0.25) is 5.91 Å². The number of likely N-dealkylation sites (N-methyl/N-ethyl adjacent to an activating group) is 1. The van der Waals surface area contributed by atoms with Gasteiger partial charge in [-0.1, -0.05) is 0 Å². The molecular formula is C19H21BrN2O3S. The van der Waals surface area contributed by atoms with Crippen LogP contribution in [0.4, 0.5) is 0 Å². The quantitative estimate of drug-likeness (QED) is 0.760. The van der Waals surface area contributed by atoms with E-state index in [0.29, 0.717) is 0 Å². The minimum absolute atomic E-state index is 0.0475. The van der Waals surface area contributed by atoms with Gasteiger partial charge in [0, 0.05) is 28.0 Å². The van der Waals surface area contributed by atoms with Crippen molar-refractivity contribution in [2.24, 2.45) is 0 Å². The van der Waals surface area contributed by atoms with Crippen LogP contribution in [0.1, 0.15) is 39.9 Å². The Balaban J connectivity index is 1.91. The molecule has 1 unspecified atom stereocenters. The second-order valence-electron chi connectivity index (χ2n) is 5.98. The summed E-state index contributed by atoms with van der Waals surface area (Å²) in [7, 11) is 4.94. The average Bonchev–Trinajstić information content (AvgIpc) is 3.08. The number of hydrogen-bond acceptors (Lipinski definition) is 5. The van der Waals surface area contributed by atoms with Crippen molar-refractivity contribution in [2.75, 3.05) is 21.3 Å². The van der Waals surface area contributed by atoms with Crippen LogP contribution >= 0.6 is 27.3 Å². The first kappa shape index (κ1) is 18.9. The van der Waals surface area contributed by atoms with E-state index >= 15 is 0 Å². The highest BCUT2D eigenvalue weighted by Crippen LogP contribution is 2.37. The number of rotatable bonds is 5. The van der Waals surface area contributed by atoms with Crippen LogP contribution in [-0.4, -0.2) is 32.2 Å². The van der Waals surface area contributed by atoms with E-state index in [-0.39, 0.29) is 11.8 Å². The van der Waals surface area contributed by atoms with Gasteiger partial charge in [0.1, 0.15) is 16.5 Å². The number of thiazole rings is 1. The first-order valence-electron chi connectivity index (χ1n) is 8.38. The summed E-state index contributed by atoms with van der Waals surface area (Å²) in [6, 6.07) is 3.75. The van der Waals surface area contributed by atoms with Gasteiger partial charge in [-0.3, -0.25) is 4.79 Å². The van der Waals surface area contributed by atoms with E-state index in [1.54, 1.807) is 32.6 Å². The number of nitrogens with one attached hydrogen (secondary N) is 1. The van der Waals surface area contributed by atoms with Gasteiger partial charge in [-0.15, -0.1) is 11.3 Å². The molecule has 1 N–H and O–H groups in total. The van der Waals surface area contributed by atoms with E-state index in [1.807, 2.05) is 24.3 Å². The number of carbonyl (C=O) groups excluding carboxylic acids is 1. The molecule has 0 saturated heterocycles. The SMILES string of the molecule is CNC(=O)C1CCCc2sc(C=Cc3c(Br)cc(OC)cc3OC)nc21. The zero-order valence-corrected chi connectivity index (χ0v) is 17.4. The highest BCUT2D eigenvalue weighted by atomic mass is 79.9. The Bertz CT molecular complexity index is 848. The third-order valence-corrected chi connectivity index (χ3v) is 6.20. The molecule has 7 heteroatoms. The van der Waals surface area contributed by atoms with Crippen LogP contribution in [0.25, 0.3) is 12.2 Å².